The van der Waals surface area contributed by atoms with Crippen molar-refractivity contribution in [1.82, 2.24) is 0 Å². The number of fused-ring (bicyclic) bond motifs is 5. The van der Waals surface area contributed by atoms with E-state index in [1.54, 1.807) is 0 Å². The number of hydrogen-bond donors (Lipinski definition) is 0. The Bertz CT molecular complexity index is 451. The lowest BCUT2D eigenvalue weighted by atomic mass is 9.50. The topological polar surface area (TPSA) is 17.1 Å². The first-order valence-corrected chi connectivity index (χ1v) is 8.79. The van der Waals surface area contributed by atoms with Gasteiger partial charge in [0, 0.05) is 11.8 Å². The highest BCUT2D eigenvalue weighted by Gasteiger charge is 2.56. The molecule has 0 radical (unpaired) electrons. The van der Waals surface area contributed by atoms with E-state index >= 15 is 0 Å². The molecule has 4 rings (SSSR count). The molecule has 5 unspecified atom stereocenters. The first-order valence-electron chi connectivity index (χ1n) is 8.79. The van der Waals surface area contributed by atoms with Crippen molar-refractivity contribution >= 4 is 5.78 Å². The third-order valence-electron chi connectivity index (χ3n) is 7.61. The number of ketones is 1. The van der Waals surface area contributed by atoms with E-state index < -0.39 is 0 Å². The number of hydrogen-bond acceptors (Lipinski definition) is 1. The van der Waals surface area contributed by atoms with Crippen LogP contribution in [0.1, 0.15) is 64.7 Å². The summed E-state index contributed by atoms with van der Waals surface area (Å²) in [5, 5.41) is 0. The van der Waals surface area contributed by atoms with Crippen molar-refractivity contribution in [2.45, 2.75) is 64.7 Å². The zero-order chi connectivity index (χ0) is 13.9. The van der Waals surface area contributed by atoms with Crippen LogP contribution in [0.4, 0.5) is 0 Å². The van der Waals surface area contributed by atoms with Gasteiger partial charge in [0.15, 0.2) is 0 Å². The van der Waals surface area contributed by atoms with Crippen molar-refractivity contribution < 1.29 is 4.79 Å². The van der Waals surface area contributed by atoms with Crippen molar-refractivity contribution in [3.05, 3.63) is 12.2 Å². The molecule has 4 aliphatic rings. The average Bonchev–Trinajstić information content (AvgIpc) is 2.74. The second kappa shape index (κ2) is 4.45. The SMILES string of the molecule is C=C1CCC2C(CC[C@@H]3C2CCC2(C)C(=O)CCC32)C1. The van der Waals surface area contributed by atoms with Gasteiger partial charge in [0.25, 0.3) is 0 Å². The average molecular weight is 272 g/mol. The van der Waals surface area contributed by atoms with Gasteiger partial charge in [-0.25, -0.2) is 0 Å². The minimum atomic E-state index is 0.0618. The second-order valence-electron chi connectivity index (χ2n) is 8.35. The van der Waals surface area contributed by atoms with Crippen LogP contribution in [0.25, 0.3) is 0 Å². The summed E-state index contributed by atoms with van der Waals surface area (Å²) in [4.78, 5) is 12.3. The van der Waals surface area contributed by atoms with Gasteiger partial charge in [-0.15, -0.1) is 0 Å². The smallest absolute Gasteiger partial charge is 0.139 e. The van der Waals surface area contributed by atoms with E-state index in [4.69, 9.17) is 0 Å². The predicted octanol–water partition coefficient (Wildman–Crippen LogP) is 4.76. The van der Waals surface area contributed by atoms with E-state index in [-0.39, 0.29) is 5.41 Å². The van der Waals surface area contributed by atoms with Crippen molar-refractivity contribution in [3.63, 3.8) is 0 Å². The van der Waals surface area contributed by atoms with E-state index in [1.165, 1.54) is 56.9 Å². The van der Waals surface area contributed by atoms with Crippen LogP contribution < -0.4 is 0 Å². The van der Waals surface area contributed by atoms with Crippen LogP contribution in [0.5, 0.6) is 0 Å². The maximum atomic E-state index is 12.3. The van der Waals surface area contributed by atoms with Crippen molar-refractivity contribution in [1.29, 1.82) is 0 Å². The summed E-state index contributed by atoms with van der Waals surface area (Å²) in [6.45, 7) is 6.53. The Morgan fingerprint density at radius 1 is 1.00 bits per heavy atom. The maximum Gasteiger partial charge on any atom is 0.139 e. The highest BCUT2D eigenvalue weighted by molar-refractivity contribution is 5.87. The zero-order valence-corrected chi connectivity index (χ0v) is 12.9. The van der Waals surface area contributed by atoms with Gasteiger partial charge in [0.1, 0.15) is 5.78 Å². The molecule has 0 aromatic carbocycles. The summed E-state index contributed by atoms with van der Waals surface area (Å²) in [7, 11) is 0. The molecule has 4 aliphatic carbocycles. The van der Waals surface area contributed by atoms with Crippen LogP contribution in [0.15, 0.2) is 12.2 Å². The third kappa shape index (κ3) is 1.71. The van der Waals surface area contributed by atoms with Crippen LogP contribution in [-0.4, -0.2) is 5.78 Å². The highest BCUT2D eigenvalue weighted by atomic mass is 16.1. The third-order valence-corrected chi connectivity index (χ3v) is 7.61. The standard InChI is InChI=1S/C19H28O/c1-12-3-5-14-13(11-12)4-6-16-15(14)9-10-19(2)17(16)7-8-18(19)20/h13-17H,1,3-11H2,2H3/t13?,14?,15?,16-,17?,19?/m1/s1. The molecule has 0 aliphatic heterocycles. The lowest BCUT2D eigenvalue weighted by Crippen LogP contribution is -2.48. The van der Waals surface area contributed by atoms with E-state index in [0.717, 1.165) is 36.0 Å². The van der Waals surface area contributed by atoms with Crippen LogP contribution in [-0.2, 0) is 4.79 Å². The van der Waals surface area contributed by atoms with E-state index in [9.17, 15) is 4.79 Å². The van der Waals surface area contributed by atoms with E-state index in [1.807, 2.05) is 0 Å². The Morgan fingerprint density at radius 3 is 2.70 bits per heavy atom. The summed E-state index contributed by atoms with van der Waals surface area (Å²) in [5.74, 6) is 5.00. The fourth-order valence-corrected chi connectivity index (χ4v) is 6.55. The molecule has 0 spiro atoms. The van der Waals surface area contributed by atoms with E-state index in [0.29, 0.717) is 5.78 Å². The number of rotatable bonds is 0. The number of carbonyl (C=O) groups is 1. The Labute approximate surface area is 123 Å². The highest BCUT2D eigenvalue weighted by Crippen LogP contribution is 2.61. The Hall–Kier alpha value is -0.590. The molecular weight excluding hydrogens is 244 g/mol. The molecule has 6 atom stereocenters. The van der Waals surface area contributed by atoms with Gasteiger partial charge in [-0.05, 0) is 81.0 Å². The molecule has 0 saturated heterocycles. The molecule has 4 fully saturated rings. The summed E-state index contributed by atoms with van der Waals surface area (Å²) < 4.78 is 0. The van der Waals surface area contributed by atoms with Gasteiger partial charge in [0.05, 0.1) is 0 Å². The van der Waals surface area contributed by atoms with Crippen LogP contribution in [0, 0.1) is 35.0 Å². The molecular formula is C19H28O. The summed E-state index contributed by atoms with van der Waals surface area (Å²) in [6, 6.07) is 0. The fourth-order valence-electron chi connectivity index (χ4n) is 6.55. The molecule has 1 heteroatoms. The lowest BCUT2D eigenvalue weighted by molar-refractivity contribution is -0.132. The summed E-state index contributed by atoms with van der Waals surface area (Å²) in [5.41, 5.74) is 1.56. The number of carbonyl (C=O) groups excluding carboxylic acids is 1. The molecule has 110 valence electrons. The Kier molecular flexibility index (Phi) is 2.91. The van der Waals surface area contributed by atoms with Crippen LogP contribution >= 0.6 is 0 Å². The molecule has 0 heterocycles. The van der Waals surface area contributed by atoms with Crippen LogP contribution in [0.3, 0.4) is 0 Å². The molecule has 0 bridgehead atoms. The molecule has 20 heavy (non-hydrogen) atoms. The first-order chi connectivity index (χ1) is 9.59. The minimum Gasteiger partial charge on any atom is -0.299 e. The van der Waals surface area contributed by atoms with Gasteiger partial charge in [-0.3, -0.25) is 4.79 Å². The monoisotopic (exact) mass is 272 g/mol. The molecule has 0 N–H and O–H groups in total. The van der Waals surface area contributed by atoms with Gasteiger partial charge in [0.2, 0.25) is 0 Å². The maximum absolute atomic E-state index is 12.3. The first kappa shape index (κ1) is 13.1. The quantitative estimate of drug-likeness (QED) is 0.581. The summed E-state index contributed by atoms with van der Waals surface area (Å²) in [6.07, 6.45) is 11.3. The Balaban J connectivity index is 1.59. The number of Topliss-reactive ketones (excluding diaryl/α,β-unsaturated/α-hetero) is 1. The second-order valence-corrected chi connectivity index (χ2v) is 8.35. The molecule has 0 aromatic heterocycles. The van der Waals surface area contributed by atoms with Gasteiger partial charge in [-0.1, -0.05) is 19.1 Å². The van der Waals surface area contributed by atoms with E-state index in [2.05, 4.69) is 13.5 Å². The van der Waals surface area contributed by atoms with Crippen LogP contribution in [0.2, 0.25) is 0 Å². The lowest BCUT2D eigenvalue weighted by Gasteiger charge is -2.54. The normalized spacial score (nSPS) is 51.4. The van der Waals surface area contributed by atoms with Gasteiger partial charge in [-0.2, -0.15) is 0 Å². The van der Waals surface area contributed by atoms with Gasteiger partial charge < -0.3 is 0 Å². The van der Waals surface area contributed by atoms with Gasteiger partial charge >= 0.3 is 0 Å². The fraction of sp³-hybridized carbons (Fsp3) is 0.842. The van der Waals surface area contributed by atoms with Crippen molar-refractivity contribution in [2.75, 3.05) is 0 Å². The van der Waals surface area contributed by atoms with Crippen molar-refractivity contribution in [2.24, 2.45) is 35.0 Å². The number of allylic oxidation sites excluding steroid dienone is 1. The minimum absolute atomic E-state index is 0.0618. The van der Waals surface area contributed by atoms with Crippen molar-refractivity contribution in [3.8, 4) is 0 Å². The largest absolute Gasteiger partial charge is 0.299 e. The molecule has 1 nitrogen and oxygen atoms in total. The molecule has 0 aromatic rings. The predicted molar refractivity (Wildman–Crippen MR) is 81.3 cm³/mol. The zero-order valence-electron chi connectivity index (χ0n) is 12.9. The molecule has 4 saturated carbocycles. The Morgan fingerprint density at radius 2 is 1.85 bits per heavy atom. The summed E-state index contributed by atoms with van der Waals surface area (Å²) >= 11 is 0. The molecule has 0 amide bonds.